The molecule has 0 bridgehead atoms. The summed E-state index contributed by atoms with van der Waals surface area (Å²) in [5.74, 6) is -1.25. The molecule has 0 spiro atoms. The van der Waals surface area contributed by atoms with E-state index in [9.17, 15) is 13.8 Å². The Morgan fingerprint density at radius 3 is 2.38 bits per heavy atom. The molecule has 0 saturated carbocycles. The molecular formula is C9H18N2O4S. The Kier molecular flexibility index (Phi) is 6.91. The number of nitrogens with one attached hydrogen (secondary N) is 1. The number of amides is 1. The molecule has 0 radical (unpaired) electrons. The van der Waals surface area contributed by atoms with E-state index in [0.29, 0.717) is 12.3 Å². The van der Waals surface area contributed by atoms with Crippen LogP contribution in [0.4, 0.5) is 0 Å². The summed E-state index contributed by atoms with van der Waals surface area (Å²) in [5, 5.41) is 11.0. The van der Waals surface area contributed by atoms with E-state index in [2.05, 4.69) is 5.32 Å². The first-order valence-corrected chi connectivity index (χ1v) is 6.31. The highest BCUT2D eigenvalue weighted by Gasteiger charge is 2.20. The molecule has 1 unspecified atom stereocenters. The maximum absolute atomic E-state index is 11.5. The number of hydrogen-bond acceptors (Lipinski definition) is 4. The van der Waals surface area contributed by atoms with E-state index in [0.717, 1.165) is 0 Å². The van der Waals surface area contributed by atoms with E-state index >= 15 is 0 Å². The minimum Gasteiger partial charge on any atom is -0.480 e. The predicted octanol–water partition coefficient (Wildman–Crippen LogP) is -1.11. The van der Waals surface area contributed by atoms with Crippen molar-refractivity contribution in [1.29, 1.82) is 0 Å². The van der Waals surface area contributed by atoms with Crippen LogP contribution < -0.4 is 5.32 Å². The monoisotopic (exact) mass is 250 g/mol. The number of carbonyl (C=O) groups excluding carboxylic acids is 1. The average molecular weight is 250 g/mol. The van der Waals surface area contributed by atoms with E-state index < -0.39 is 28.7 Å². The van der Waals surface area contributed by atoms with Crippen molar-refractivity contribution in [3.05, 3.63) is 0 Å². The van der Waals surface area contributed by atoms with Gasteiger partial charge in [0.25, 0.3) is 0 Å². The number of hydrogen-bond donors (Lipinski definition) is 2. The lowest BCUT2D eigenvalue weighted by molar-refractivity contribution is -0.140. The zero-order chi connectivity index (χ0) is 12.7. The lowest BCUT2D eigenvalue weighted by atomic mass is 10.3. The summed E-state index contributed by atoms with van der Waals surface area (Å²) in [6, 6.07) is -1.07. The molecule has 0 saturated heterocycles. The first kappa shape index (κ1) is 15.0. The van der Waals surface area contributed by atoms with Gasteiger partial charge < -0.3 is 15.3 Å². The molecule has 2 atom stereocenters. The van der Waals surface area contributed by atoms with Crippen LogP contribution in [-0.2, 0) is 20.4 Å². The van der Waals surface area contributed by atoms with E-state index in [1.807, 2.05) is 19.0 Å². The number of carboxylic acid groups (broad SMARTS) is 1. The van der Waals surface area contributed by atoms with Crippen molar-refractivity contribution >= 4 is 22.7 Å². The third-order valence-electron chi connectivity index (χ3n) is 1.79. The fourth-order valence-electron chi connectivity index (χ4n) is 0.974. The molecule has 0 fully saturated rings. The van der Waals surface area contributed by atoms with Crippen LogP contribution >= 0.6 is 0 Å². The SMILES string of the molecule is CC(=O)N[C@@H](CS(=O)CCN(C)C)C(=O)O. The molecule has 0 aliphatic carbocycles. The van der Waals surface area contributed by atoms with Gasteiger partial charge in [-0.1, -0.05) is 0 Å². The molecule has 0 aliphatic rings. The van der Waals surface area contributed by atoms with Gasteiger partial charge in [-0.05, 0) is 14.1 Å². The average Bonchev–Trinajstić information content (AvgIpc) is 2.12. The summed E-state index contributed by atoms with van der Waals surface area (Å²) in [7, 11) is 2.45. The molecule has 2 N–H and O–H groups in total. The van der Waals surface area contributed by atoms with Crippen LogP contribution in [0.3, 0.4) is 0 Å². The highest BCUT2D eigenvalue weighted by atomic mass is 32.2. The Balaban J connectivity index is 4.13. The minimum atomic E-state index is -1.24. The van der Waals surface area contributed by atoms with Crippen molar-refractivity contribution in [2.75, 3.05) is 32.1 Å². The molecule has 0 aromatic heterocycles. The molecule has 0 rings (SSSR count). The second-order valence-electron chi connectivity index (χ2n) is 3.71. The maximum Gasteiger partial charge on any atom is 0.327 e. The zero-order valence-corrected chi connectivity index (χ0v) is 10.5. The second-order valence-corrected chi connectivity index (χ2v) is 5.33. The first-order chi connectivity index (χ1) is 7.32. The Morgan fingerprint density at radius 1 is 1.44 bits per heavy atom. The Bertz CT molecular complexity index is 281. The first-order valence-electron chi connectivity index (χ1n) is 4.82. The molecule has 6 nitrogen and oxygen atoms in total. The molecule has 0 aromatic rings. The smallest absolute Gasteiger partial charge is 0.327 e. The van der Waals surface area contributed by atoms with Gasteiger partial charge in [-0.15, -0.1) is 0 Å². The van der Waals surface area contributed by atoms with Crippen molar-refractivity contribution in [3.8, 4) is 0 Å². The van der Waals surface area contributed by atoms with Crippen LogP contribution in [-0.4, -0.2) is 64.3 Å². The third-order valence-corrected chi connectivity index (χ3v) is 3.14. The molecule has 16 heavy (non-hydrogen) atoms. The summed E-state index contributed by atoms with van der Waals surface area (Å²) in [5.41, 5.74) is 0. The van der Waals surface area contributed by atoms with Crippen LogP contribution in [0, 0.1) is 0 Å². The highest BCUT2D eigenvalue weighted by molar-refractivity contribution is 7.85. The summed E-state index contributed by atoms with van der Waals surface area (Å²) < 4.78 is 11.5. The fraction of sp³-hybridized carbons (Fsp3) is 0.778. The number of rotatable bonds is 7. The van der Waals surface area contributed by atoms with E-state index in [4.69, 9.17) is 5.11 Å². The highest BCUT2D eigenvalue weighted by Crippen LogP contribution is 1.92. The van der Waals surface area contributed by atoms with Crippen LogP contribution in [0.2, 0.25) is 0 Å². The zero-order valence-electron chi connectivity index (χ0n) is 9.73. The summed E-state index contributed by atoms with van der Waals surface area (Å²) >= 11 is 0. The Labute approximate surface area is 97.5 Å². The number of aliphatic carboxylic acids is 1. The van der Waals surface area contributed by atoms with E-state index in [1.54, 1.807) is 0 Å². The van der Waals surface area contributed by atoms with Crippen LogP contribution in [0.15, 0.2) is 0 Å². The lowest BCUT2D eigenvalue weighted by Gasteiger charge is -2.14. The third kappa shape index (κ3) is 7.36. The van der Waals surface area contributed by atoms with Crippen LogP contribution in [0.5, 0.6) is 0 Å². The largest absolute Gasteiger partial charge is 0.480 e. The molecule has 7 heteroatoms. The van der Waals surface area contributed by atoms with Gasteiger partial charge in [-0.3, -0.25) is 9.00 Å². The number of nitrogens with zero attached hydrogens (tertiary/aromatic N) is 1. The Morgan fingerprint density at radius 2 is 2.00 bits per heavy atom. The number of carboxylic acids is 1. The van der Waals surface area contributed by atoms with E-state index in [-0.39, 0.29) is 5.75 Å². The summed E-state index contributed by atoms with van der Waals surface area (Å²) in [6.07, 6.45) is 0. The summed E-state index contributed by atoms with van der Waals surface area (Å²) in [4.78, 5) is 23.3. The molecule has 0 heterocycles. The molecule has 94 valence electrons. The maximum atomic E-state index is 11.5. The van der Waals surface area contributed by atoms with E-state index in [1.165, 1.54) is 6.92 Å². The predicted molar refractivity (Wildman–Crippen MR) is 61.7 cm³/mol. The summed E-state index contributed by atoms with van der Waals surface area (Å²) in [6.45, 7) is 1.86. The van der Waals surface area contributed by atoms with Gasteiger partial charge in [0.05, 0.1) is 5.75 Å². The molecular weight excluding hydrogens is 232 g/mol. The molecule has 1 amide bonds. The van der Waals surface area contributed by atoms with Crippen molar-refractivity contribution in [2.24, 2.45) is 0 Å². The normalized spacial score (nSPS) is 14.5. The Hall–Kier alpha value is -0.950. The van der Waals surface area contributed by atoms with Gasteiger partial charge in [-0.2, -0.15) is 0 Å². The minimum absolute atomic E-state index is 0.0528. The fourth-order valence-corrected chi connectivity index (χ4v) is 2.31. The van der Waals surface area contributed by atoms with Gasteiger partial charge in [-0.25, -0.2) is 4.79 Å². The van der Waals surface area contributed by atoms with Gasteiger partial charge in [0, 0.05) is 30.0 Å². The van der Waals surface area contributed by atoms with Gasteiger partial charge >= 0.3 is 5.97 Å². The van der Waals surface area contributed by atoms with Crippen LogP contribution in [0.1, 0.15) is 6.92 Å². The van der Waals surface area contributed by atoms with Gasteiger partial charge in [0.15, 0.2) is 0 Å². The quantitative estimate of drug-likeness (QED) is 0.598. The van der Waals surface area contributed by atoms with Crippen molar-refractivity contribution < 1.29 is 18.9 Å². The van der Waals surface area contributed by atoms with Crippen molar-refractivity contribution in [2.45, 2.75) is 13.0 Å². The molecule has 0 aliphatic heterocycles. The van der Waals surface area contributed by atoms with Gasteiger partial charge in [0.2, 0.25) is 5.91 Å². The topological polar surface area (TPSA) is 86.7 Å². The van der Waals surface area contributed by atoms with Crippen molar-refractivity contribution in [1.82, 2.24) is 10.2 Å². The lowest BCUT2D eigenvalue weighted by Crippen LogP contribution is -2.44. The standard InChI is InChI=1S/C9H18N2O4S/c1-7(12)10-8(9(13)14)6-16(15)5-4-11(2)3/h8H,4-6H2,1-3H3,(H,10,12)(H,13,14)/t8-,16?/m0/s1. The second kappa shape index (κ2) is 7.34. The molecule has 0 aromatic carbocycles. The van der Waals surface area contributed by atoms with Gasteiger partial charge in [0.1, 0.15) is 6.04 Å². The van der Waals surface area contributed by atoms with Crippen molar-refractivity contribution in [3.63, 3.8) is 0 Å². The number of carbonyl (C=O) groups is 2. The van der Waals surface area contributed by atoms with Crippen LogP contribution in [0.25, 0.3) is 0 Å².